The van der Waals surface area contributed by atoms with Gasteiger partial charge in [-0.1, -0.05) is 48.1 Å². The fourth-order valence-corrected chi connectivity index (χ4v) is 2.47. The van der Waals surface area contributed by atoms with E-state index in [2.05, 4.69) is 52.5 Å². The molecule has 0 aromatic rings. The summed E-state index contributed by atoms with van der Waals surface area (Å²) in [5.41, 5.74) is 3.14. The molecule has 1 atom stereocenters. The number of ether oxygens (including phenoxy) is 1. The van der Waals surface area contributed by atoms with Crippen LogP contribution in [0.15, 0.2) is 48.1 Å². The molecule has 118 valence electrons. The van der Waals surface area contributed by atoms with Gasteiger partial charge in [-0.2, -0.15) is 0 Å². The van der Waals surface area contributed by atoms with Crippen molar-refractivity contribution in [2.75, 3.05) is 0 Å². The summed E-state index contributed by atoms with van der Waals surface area (Å²) in [7, 11) is 0. The minimum Gasteiger partial charge on any atom is -0.367 e. The van der Waals surface area contributed by atoms with E-state index in [4.69, 9.17) is 4.74 Å². The molecule has 1 saturated heterocycles. The van der Waals surface area contributed by atoms with Gasteiger partial charge in [0.05, 0.1) is 11.7 Å². The molecule has 0 amide bonds. The van der Waals surface area contributed by atoms with Crippen LogP contribution in [0.3, 0.4) is 0 Å². The van der Waals surface area contributed by atoms with Crippen LogP contribution in [0.2, 0.25) is 0 Å². The SMILES string of the molecule is C=C/C=C/CC/C=C(\C)CC/C=C(\C)CCC1OC1(C)C. The Hall–Kier alpha value is -1.08. The van der Waals surface area contributed by atoms with Crippen molar-refractivity contribution in [2.45, 2.75) is 77.9 Å². The van der Waals surface area contributed by atoms with Gasteiger partial charge in [0.25, 0.3) is 0 Å². The molecule has 1 heterocycles. The summed E-state index contributed by atoms with van der Waals surface area (Å²) in [6.07, 6.45) is 18.2. The molecule has 1 fully saturated rings. The molecule has 0 aromatic carbocycles. The summed E-state index contributed by atoms with van der Waals surface area (Å²) in [6.45, 7) is 12.5. The fourth-order valence-electron chi connectivity index (χ4n) is 2.47. The zero-order chi connectivity index (χ0) is 15.7. The van der Waals surface area contributed by atoms with Crippen molar-refractivity contribution in [1.29, 1.82) is 0 Å². The van der Waals surface area contributed by atoms with Gasteiger partial charge in [-0.3, -0.25) is 0 Å². The molecule has 0 saturated carbocycles. The van der Waals surface area contributed by atoms with Crippen molar-refractivity contribution in [3.05, 3.63) is 48.1 Å². The Balaban J connectivity index is 2.12. The second kappa shape index (κ2) is 9.04. The van der Waals surface area contributed by atoms with Crippen LogP contribution in [0.1, 0.15) is 66.2 Å². The highest BCUT2D eigenvalue weighted by atomic mass is 16.6. The summed E-state index contributed by atoms with van der Waals surface area (Å²) in [4.78, 5) is 0. The Labute approximate surface area is 131 Å². The van der Waals surface area contributed by atoms with Crippen LogP contribution in [-0.2, 0) is 4.74 Å². The largest absolute Gasteiger partial charge is 0.367 e. The molecule has 1 aliphatic heterocycles. The number of allylic oxidation sites excluding steroid dienone is 7. The van der Waals surface area contributed by atoms with Gasteiger partial charge in [-0.25, -0.2) is 0 Å². The average Bonchev–Trinajstić information content (AvgIpc) is 3.04. The quantitative estimate of drug-likeness (QED) is 0.203. The van der Waals surface area contributed by atoms with E-state index < -0.39 is 0 Å². The van der Waals surface area contributed by atoms with E-state index in [0.717, 1.165) is 19.3 Å². The lowest BCUT2D eigenvalue weighted by atomic mass is 10.0. The summed E-state index contributed by atoms with van der Waals surface area (Å²) < 4.78 is 5.62. The second-order valence-electron chi connectivity index (χ2n) is 6.63. The normalized spacial score (nSPS) is 21.8. The fraction of sp³-hybridized carbons (Fsp3) is 0.600. The molecule has 1 nitrogen and oxygen atoms in total. The first-order valence-electron chi connectivity index (χ1n) is 8.22. The predicted octanol–water partition coefficient (Wildman–Crippen LogP) is 6.14. The van der Waals surface area contributed by atoms with Gasteiger partial charge in [-0.15, -0.1) is 0 Å². The third-order valence-corrected chi connectivity index (χ3v) is 4.09. The maximum Gasteiger partial charge on any atom is 0.0892 e. The molecule has 1 heteroatoms. The first kappa shape index (κ1) is 18.0. The summed E-state index contributed by atoms with van der Waals surface area (Å²) in [5.74, 6) is 0. The monoisotopic (exact) mass is 288 g/mol. The van der Waals surface area contributed by atoms with E-state index in [-0.39, 0.29) is 5.60 Å². The Kier molecular flexibility index (Phi) is 7.74. The van der Waals surface area contributed by atoms with E-state index in [1.807, 2.05) is 12.2 Å². The van der Waals surface area contributed by atoms with E-state index in [1.54, 1.807) is 0 Å². The van der Waals surface area contributed by atoms with Gasteiger partial charge in [0.1, 0.15) is 0 Å². The van der Waals surface area contributed by atoms with Crippen LogP contribution in [0, 0.1) is 0 Å². The molecule has 0 spiro atoms. The minimum atomic E-state index is 0.139. The topological polar surface area (TPSA) is 12.5 Å². The Morgan fingerprint density at radius 2 is 1.67 bits per heavy atom. The standard InChI is InChI=1S/C20H32O/c1-6-7-8-9-10-12-17(2)13-11-14-18(3)15-16-19-20(4,5)21-19/h6-8,12,14,19H,1,9-11,13,15-16H2,2-5H3/b8-7+,17-12+,18-14+. The smallest absolute Gasteiger partial charge is 0.0892 e. The van der Waals surface area contributed by atoms with Crippen molar-refractivity contribution in [1.82, 2.24) is 0 Å². The highest BCUT2D eigenvalue weighted by Crippen LogP contribution is 2.38. The van der Waals surface area contributed by atoms with Crippen LogP contribution in [0.4, 0.5) is 0 Å². The highest BCUT2D eigenvalue weighted by molar-refractivity contribution is 5.06. The number of hydrogen-bond acceptors (Lipinski definition) is 1. The average molecular weight is 288 g/mol. The lowest BCUT2D eigenvalue weighted by Gasteiger charge is -2.02. The number of epoxide rings is 1. The van der Waals surface area contributed by atoms with Crippen molar-refractivity contribution in [3.8, 4) is 0 Å². The Morgan fingerprint density at radius 3 is 2.29 bits per heavy atom. The Morgan fingerprint density at radius 1 is 1.05 bits per heavy atom. The van der Waals surface area contributed by atoms with Crippen LogP contribution in [0.25, 0.3) is 0 Å². The molecule has 21 heavy (non-hydrogen) atoms. The molecular formula is C20H32O. The molecule has 0 N–H and O–H groups in total. The number of rotatable bonds is 10. The highest BCUT2D eigenvalue weighted by Gasteiger charge is 2.46. The molecule has 0 aromatic heterocycles. The van der Waals surface area contributed by atoms with Crippen LogP contribution < -0.4 is 0 Å². The molecule has 1 unspecified atom stereocenters. The van der Waals surface area contributed by atoms with Gasteiger partial charge in [-0.05, 0) is 66.2 Å². The molecule has 0 radical (unpaired) electrons. The first-order valence-corrected chi connectivity index (χ1v) is 8.22. The maximum atomic E-state index is 5.62. The third-order valence-electron chi connectivity index (χ3n) is 4.09. The van der Waals surface area contributed by atoms with Crippen LogP contribution in [0.5, 0.6) is 0 Å². The van der Waals surface area contributed by atoms with Gasteiger partial charge >= 0.3 is 0 Å². The lowest BCUT2D eigenvalue weighted by molar-refractivity contribution is 0.320. The summed E-state index contributed by atoms with van der Waals surface area (Å²) >= 11 is 0. The zero-order valence-electron chi connectivity index (χ0n) is 14.3. The van der Waals surface area contributed by atoms with Crippen LogP contribution >= 0.6 is 0 Å². The molecule has 1 rings (SSSR count). The number of hydrogen-bond donors (Lipinski definition) is 0. The lowest BCUT2D eigenvalue weighted by Crippen LogP contribution is -2.02. The molecular weight excluding hydrogens is 256 g/mol. The molecule has 0 bridgehead atoms. The predicted molar refractivity (Wildman–Crippen MR) is 93.5 cm³/mol. The van der Waals surface area contributed by atoms with Gasteiger partial charge in [0.15, 0.2) is 0 Å². The molecule has 0 aliphatic carbocycles. The Bertz CT molecular complexity index is 410. The van der Waals surface area contributed by atoms with E-state index in [0.29, 0.717) is 6.10 Å². The summed E-state index contributed by atoms with van der Waals surface area (Å²) in [6, 6.07) is 0. The van der Waals surface area contributed by atoms with Gasteiger partial charge < -0.3 is 4.74 Å². The second-order valence-corrected chi connectivity index (χ2v) is 6.63. The minimum absolute atomic E-state index is 0.139. The van der Waals surface area contributed by atoms with Crippen LogP contribution in [-0.4, -0.2) is 11.7 Å². The van der Waals surface area contributed by atoms with Crippen molar-refractivity contribution in [2.24, 2.45) is 0 Å². The van der Waals surface area contributed by atoms with Crippen molar-refractivity contribution >= 4 is 0 Å². The summed E-state index contributed by atoms with van der Waals surface area (Å²) in [5, 5.41) is 0. The van der Waals surface area contributed by atoms with Gasteiger partial charge in [0, 0.05) is 0 Å². The van der Waals surface area contributed by atoms with Crippen molar-refractivity contribution < 1.29 is 4.74 Å². The van der Waals surface area contributed by atoms with Gasteiger partial charge in [0.2, 0.25) is 0 Å². The first-order chi connectivity index (χ1) is 9.95. The third kappa shape index (κ3) is 8.06. The molecule has 1 aliphatic rings. The number of unbranched alkanes of at least 4 members (excludes halogenated alkanes) is 1. The zero-order valence-corrected chi connectivity index (χ0v) is 14.3. The van der Waals surface area contributed by atoms with E-state index in [1.165, 1.54) is 30.4 Å². The maximum absolute atomic E-state index is 5.62. The van der Waals surface area contributed by atoms with E-state index >= 15 is 0 Å². The van der Waals surface area contributed by atoms with Crippen molar-refractivity contribution in [3.63, 3.8) is 0 Å². The van der Waals surface area contributed by atoms with E-state index in [9.17, 15) is 0 Å².